The molecule has 0 N–H and O–H groups in total. The number of benzene rings is 2. The molecule has 1 aliphatic heterocycles. The summed E-state index contributed by atoms with van der Waals surface area (Å²) in [6.07, 6.45) is 0.926. The van der Waals surface area contributed by atoms with Gasteiger partial charge in [0.15, 0.2) is 0 Å². The molecule has 0 spiro atoms. The maximum Gasteiger partial charge on any atom is 0.150 e. The van der Waals surface area contributed by atoms with Gasteiger partial charge in [0.2, 0.25) is 0 Å². The van der Waals surface area contributed by atoms with Crippen molar-refractivity contribution in [2.24, 2.45) is 5.92 Å². The van der Waals surface area contributed by atoms with Gasteiger partial charge in [-0.15, -0.1) is 11.6 Å². The lowest BCUT2D eigenvalue weighted by Crippen LogP contribution is -2.31. The predicted molar refractivity (Wildman–Crippen MR) is 82.2 cm³/mol. The second-order valence-corrected chi connectivity index (χ2v) is 5.86. The fourth-order valence-electron chi connectivity index (χ4n) is 2.96. The molecule has 1 heterocycles. The van der Waals surface area contributed by atoms with Crippen LogP contribution < -0.4 is 4.90 Å². The summed E-state index contributed by atoms with van der Waals surface area (Å²) in [5.41, 5.74) is 2.47. The Morgan fingerprint density at radius 3 is 2.52 bits per heavy atom. The van der Waals surface area contributed by atoms with E-state index in [-0.39, 0.29) is 11.6 Å². The first kappa shape index (κ1) is 14.3. The van der Waals surface area contributed by atoms with E-state index in [0.717, 1.165) is 17.7 Å². The lowest BCUT2D eigenvalue weighted by Gasteiger charge is -2.35. The van der Waals surface area contributed by atoms with E-state index in [1.807, 2.05) is 24.3 Å². The van der Waals surface area contributed by atoms with Crippen molar-refractivity contribution < 1.29 is 8.78 Å². The Bertz CT molecular complexity index is 649. The lowest BCUT2D eigenvalue weighted by atomic mass is 9.93. The highest BCUT2D eigenvalue weighted by atomic mass is 35.5. The maximum atomic E-state index is 14.4. The predicted octanol–water partition coefficient (Wildman–Crippen LogP) is 5.03. The summed E-state index contributed by atoms with van der Waals surface area (Å²) in [6.45, 7) is 2.69. The average molecular weight is 308 g/mol. The quantitative estimate of drug-likeness (QED) is 0.703. The fraction of sp³-hybridized carbons (Fsp3) is 0.294. The van der Waals surface area contributed by atoms with Crippen molar-refractivity contribution in [2.45, 2.75) is 19.2 Å². The maximum absolute atomic E-state index is 14.4. The minimum Gasteiger partial charge on any atom is -0.336 e. The number of halogens is 3. The molecule has 21 heavy (non-hydrogen) atoms. The topological polar surface area (TPSA) is 3.24 Å². The molecule has 0 amide bonds. The fourth-order valence-corrected chi connectivity index (χ4v) is 3.12. The Morgan fingerprint density at radius 1 is 1.19 bits per heavy atom. The number of alkyl halides is 1. The summed E-state index contributed by atoms with van der Waals surface area (Å²) in [4.78, 5) is 1.74. The van der Waals surface area contributed by atoms with Crippen molar-refractivity contribution in [3.8, 4) is 0 Å². The minimum atomic E-state index is -0.561. The molecule has 0 radical (unpaired) electrons. The first-order valence-electron chi connectivity index (χ1n) is 6.99. The van der Waals surface area contributed by atoms with Crippen LogP contribution in [0, 0.1) is 17.6 Å². The van der Waals surface area contributed by atoms with Gasteiger partial charge in [-0.2, -0.15) is 0 Å². The van der Waals surface area contributed by atoms with Crippen molar-refractivity contribution in [1.29, 1.82) is 0 Å². The van der Waals surface area contributed by atoms with Crippen LogP contribution in [-0.4, -0.2) is 6.54 Å². The molecule has 2 aromatic rings. The summed E-state index contributed by atoms with van der Waals surface area (Å²) in [6, 6.07) is 10.4. The number of nitrogens with zero attached hydrogens (tertiary/aromatic N) is 1. The van der Waals surface area contributed by atoms with Gasteiger partial charge in [0.25, 0.3) is 0 Å². The van der Waals surface area contributed by atoms with Gasteiger partial charge in [-0.1, -0.05) is 25.1 Å². The average Bonchev–Trinajstić information content (AvgIpc) is 2.46. The molecule has 1 unspecified atom stereocenters. The molecule has 0 saturated heterocycles. The summed E-state index contributed by atoms with van der Waals surface area (Å²) < 4.78 is 28.7. The molecule has 1 aliphatic rings. The first-order valence-corrected chi connectivity index (χ1v) is 7.53. The molecule has 0 saturated carbocycles. The van der Waals surface area contributed by atoms with Crippen LogP contribution in [0.5, 0.6) is 0 Å². The molecule has 3 rings (SSSR count). The zero-order chi connectivity index (χ0) is 15.0. The van der Waals surface area contributed by atoms with Crippen LogP contribution in [0.2, 0.25) is 0 Å². The number of para-hydroxylation sites is 1. The molecule has 4 heteroatoms. The summed E-state index contributed by atoms with van der Waals surface area (Å²) >= 11 is 5.67. The summed E-state index contributed by atoms with van der Waals surface area (Å²) in [5, 5.41) is 0. The van der Waals surface area contributed by atoms with E-state index in [4.69, 9.17) is 11.6 Å². The molecule has 110 valence electrons. The summed E-state index contributed by atoms with van der Waals surface area (Å²) in [7, 11) is 0. The van der Waals surface area contributed by atoms with Crippen LogP contribution >= 0.6 is 11.6 Å². The SMILES string of the molecule is CC1Cc2ccccc2N(c2c(F)cc(CCl)cc2F)C1. The van der Waals surface area contributed by atoms with Gasteiger partial charge in [0.05, 0.1) is 0 Å². The normalized spacial score (nSPS) is 17.7. The van der Waals surface area contributed by atoms with Crippen molar-refractivity contribution >= 4 is 23.0 Å². The standard InChI is InChI=1S/C17H16ClF2N/c1-11-6-13-4-2-3-5-16(13)21(10-11)17-14(19)7-12(9-18)8-15(17)20/h2-5,7-8,11H,6,9-10H2,1H3. The second kappa shape index (κ2) is 5.64. The number of rotatable bonds is 2. The van der Waals surface area contributed by atoms with Crippen LogP contribution in [0.25, 0.3) is 0 Å². The van der Waals surface area contributed by atoms with Gasteiger partial charge in [-0.3, -0.25) is 0 Å². The van der Waals surface area contributed by atoms with Gasteiger partial charge in [0.1, 0.15) is 17.3 Å². The van der Waals surface area contributed by atoms with Gasteiger partial charge in [0, 0.05) is 18.1 Å². The Morgan fingerprint density at radius 2 is 1.86 bits per heavy atom. The van der Waals surface area contributed by atoms with Crippen LogP contribution in [0.15, 0.2) is 36.4 Å². The van der Waals surface area contributed by atoms with E-state index in [1.165, 1.54) is 12.1 Å². The van der Waals surface area contributed by atoms with Gasteiger partial charge >= 0.3 is 0 Å². The molecular formula is C17H16ClF2N. The zero-order valence-corrected chi connectivity index (χ0v) is 12.5. The number of hydrogen-bond donors (Lipinski definition) is 0. The van der Waals surface area contributed by atoms with E-state index in [2.05, 4.69) is 6.92 Å². The van der Waals surface area contributed by atoms with Crippen LogP contribution in [0.1, 0.15) is 18.1 Å². The Kier molecular flexibility index (Phi) is 3.85. The Labute approximate surface area is 128 Å². The molecule has 0 bridgehead atoms. The molecule has 2 aromatic carbocycles. The van der Waals surface area contributed by atoms with E-state index in [0.29, 0.717) is 18.0 Å². The molecule has 0 fully saturated rings. The zero-order valence-electron chi connectivity index (χ0n) is 11.7. The minimum absolute atomic E-state index is 0.0165. The number of fused-ring (bicyclic) bond motifs is 1. The molecule has 1 atom stereocenters. The van der Waals surface area contributed by atoms with E-state index in [9.17, 15) is 8.78 Å². The van der Waals surface area contributed by atoms with Crippen molar-refractivity contribution in [1.82, 2.24) is 0 Å². The third-order valence-corrected chi connectivity index (χ3v) is 4.15. The molecule has 0 aliphatic carbocycles. The van der Waals surface area contributed by atoms with Crippen molar-refractivity contribution in [2.75, 3.05) is 11.4 Å². The molecule has 0 aromatic heterocycles. The van der Waals surface area contributed by atoms with Gasteiger partial charge in [-0.25, -0.2) is 8.78 Å². The molecular weight excluding hydrogens is 292 g/mol. The van der Waals surface area contributed by atoms with Gasteiger partial charge in [-0.05, 0) is 41.7 Å². The monoisotopic (exact) mass is 307 g/mol. The third kappa shape index (κ3) is 2.62. The first-order chi connectivity index (χ1) is 10.1. The van der Waals surface area contributed by atoms with Crippen LogP contribution in [0.3, 0.4) is 0 Å². The van der Waals surface area contributed by atoms with Crippen LogP contribution in [-0.2, 0) is 12.3 Å². The third-order valence-electron chi connectivity index (χ3n) is 3.85. The summed E-state index contributed by atoms with van der Waals surface area (Å²) in [5.74, 6) is -0.684. The largest absolute Gasteiger partial charge is 0.336 e. The number of hydrogen-bond acceptors (Lipinski definition) is 1. The smallest absolute Gasteiger partial charge is 0.150 e. The van der Waals surface area contributed by atoms with E-state index in [1.54, 1.807) is 4.90 Å². The van der Waals surface area contributed by atoms with E-state index >= 15 is 0 Å². The molecule has 1 nitrogen and oxygen atoms in total. The highest BCUT2D eigenvalue weighted by Crippen LogP contribution is 2.38. The van der Waals surface area contributed by atoms with Gasteiger partial charge < -0.3 is 4.90 Å². The van der Waals surface area contributed by atoms with Crippen molar-refractivity contribution in [3.05, 3.63) is 59.2 Å². The highest BCUT2D eigenvalue weighted by molar-refractivity contribution is 6.17. The van der Waals surface area contributed by atoms with E-state index < -0.39 is 11.6 Å². The lowest BCUT2D eigenvalue weighted by molar-refractivity contribution is 0.534. The van der Waals surface area contributed by atoms with Crippen molar-refractivity contribution in [3.63, 3.8) is 0 Å². The Balaban J connectivity index is 2.13. The Hall–Kier alpha value is -1.61. The number of anilines is 2. The van der Waals surface area contributed by atoms with Crippen LogP contribution in [0.4, 0.5) is 20.2 Å². The second-order valence-electron chi connectivity index (χ2n) is 5.59. The highest BCUT2D eigenvalue weighted by Gasteiger charge is 2.27.